The maximum absolute atomic E-state index is 11.5. The van der Waals surface area contributed by atoms with Crippen LogP contribution in [0.3, 0.4) is 0 Å². The Balaban J connectivity index is 2.35. The first-order valence-electron chi connectivity index (χ1n) is 8.76. The van der Waals surface area contributed by atoms with Crippen LogP contribution in [-0.4, -0.2) is 49.0 Å². The molecule has 1 saturated heterocycles. The van der Waals surface area contributed by atoms with Crippen molar-refractivity contribution in [3.05, 3.63) is 0 Å². The number of hydrogen-bond acceptors (Lipinski definition) is 3. The van der Waals surface area contributed by atoms with E-state index in [0.717, 1.165) is 44.7 Å². The van der Waals surface area contributed by atoms with Crippen molar-refractivity contribution in [2.45, 2.75) is 70.1 Å². The van der Waals surface area contributed by atoms with Crippen LogP contribution in [0, 0.1) is 5.92 Å². The molecule has 21 heavy (non-hydrogen) atoms. The first kappa shape index (κ1) is 18.5. The van der Waals surface area contributed by atoms with Crippen molar-refractivity contribution in [1.82, 2.24) is 4.90 Å². The SMILES string of the molecule is BCCCCC(N)(CCN1CCC(CCC)CC1)C(=O)O. The van der Waals surface area contributed by atoms with Gasteiger partial charge in [0.1, 0.15) is 13.4 Å². The summed E-state index contributed by atoms with van der Waals surface area (Å²) in [4.78, 5) is 13.9. The van der Waals surface area contributed by atoms with Crippen LogP contribution in [0.2, 0.25) is 6.32 Å². The zero-order valence-electron chi connectivity index (χ0n) is 13.9. The van der Waals surface area contributed by atoms with Gasteiger partial charge in [-0.2, -0.15) is 0 Å². The monoisotopic (exact) mass is 296 g/mol. The molecule has 0 spiro atoms. The number of piperidine rings is 1. The van der Waals surface area contributed by atoms with E-state index in [1.165, 1.54) is 25.7 Å². The lowest BCUT2D eigenvalue weighted by atomic mass is 9.87. The Morgan fingerprint density at radius 1 is 1.33 bits per heavy atom. The lowest BCUT2D eigenvalue weighted by Gasteiger charge is -2.34. The second-order valence-electron chi connectivity index (χ2n) is 6.74. The normalized spacial score (nSPS) is 20.3. The van der Waals surface area contributed by atoms with Crippen molar-refractivity contribution < 1.29 is 9.90 Å². The second kappa shape index (κ2) is 9.47. The molecule has 0 amide bonds. The van der Waals surface area contributed by atoms with E-state index >= 15 is 0 Å². The number of aliphatic carboxylic acids is 1. The maximum atomic E-state index is 11.5. The van der Waals surface area contributed by atoms with Crippen LogP contribution in [0.4, 0.5) is 0 Å². The lowest BCUT2D eigenvalue weighted by Crippen LogP contribution is -2.50. The Hall–Kier alpha value is -0.545. The molecule has 0 radical (unpaired) electrons. The molecule has 1 unspecified atom stereocenters. The molecule has 0 saturated carbocycles. The van der Waals surface area contributed by atoms with Gasteiger partial charge < -0.3 is 15.7 Å². The van der Waals surface area contributed by atoms with Gasteiger partial charge in [0.15, 0.2) is 0 Å². The molecule has 122 valence electrons. The highest BCUT2D eigenvalue weighted by atomic mass is 16.4. The van der Waals surface area contributed by atoms with Crippen molar-refractivity contribution in [2.24, 2.45) is 11.7 Å². The predicted molar refractivity (Wildman–Crippen MR) is 90.4 cm³/mol. The molecule has 1 rings (SSSR count). The van der Waals surface area contributed by atoms with Gasteiger partial charge in [-0.1, -0.05) is 38.9 Å². The van der Waals surface area contributed by atoms with E-state index in [9.17, 15) is 9.90 Å². The number of likely N-dealkylation sites (tertiary alicyclic amines) is 1. The molecular weight excluding hydrogens is 263 g/mol. The van der Waals surface area contributed by atoms with Crippen LogP contribution >= 0.6 is 0 Å². The quantitative estimate of drug-likeness (QED) is 0.477. The minimum Gasteiger partial charge on any atom is -0.480 e. The van der Waals surface area contributed by atoms with Gasteiger partial charge in [0, 0.05) is 6.54 Å². The molecule has 3 N–H and O–H groups in total. The molecule has 0 bridgehead atoms. The lowest BCUT2D eigenvalue weighted by molar-refractivity contribution is -0.144. The summed E-state index contributed by atoms with van der Waals surface area (Å²) < 4.78 is 0. The van der Waals surface area contributed by atoms with Crippen LogP contribution in [0.15, 0.2) is 0 Å². The maximum Gasteiger partial charge on any atom is 0.323 e. The van der Waals surface area contributed by atoms with Crippen molar-refractivity contribution in [2.75, 3.05) is 19.6 Å². The highest BCUT2D eigenvalue weighted by Gasteiger charge is 2.33. The van der Waals surface area contributed by atoms with Crippen LogP contribution in [0.5, 0.6) is 0 Å². The van der Waals surface area contributed by atoms with Crippen molar-refractivity contribution >= 4 is 13.8 Å². The van der Waals surface area contributed by atoms with E-state index in [1.807, 2.05) is 0 Å². The van der Waals surface area contributed by atoms with E-state index in [4.69, 9.17) is 5.73 Å². The molecule has 5 heteroatoms. The average molecular weight is 296 g/mol. The Bertz CT molecular complexity index is 307. The summed E-state index contributed by atoms with van der Waals surface area (Å²) in [6.45, 7) is 5.29. The van der Waals surface area contributed by atoms with Crippen molar-refractivity contribution in [1.29, 1.82) is 0 Å². The molecule has 4 nitrogen and oxygen atoms in total. The molecular formula is C16H33BN2O2. The summed E-state index contributed by atoms with van der Waals surface area (Å²) in [5.41, 5.74) is 5.12. The highest BCUT2D eigenvalue weighted by molar-refractivity contribution is 6.08. The van der Waals surface area contributed by atoms with Gasteiger partial charge >= 0.3 is 5.97 Å². The molecule has 0 aromatic heterocycles. The van der Waals surface area contributed by atoms with Gasteiger partial charge in [-0.3, -0.25) is 4.79 Å². The van der Waals surface area contributed by atoms with Crippen LogP contribution in [-0.2, 0) is 4.79 Å². The zero-order chi connectivity index (χ0) is 15.7. The summed E-state index contributed by atoms with van der Waals surface area (Å²) in [6, 6.07) is 0. The Morgan fingerprint density at radius 3 is 2.52 bits per heavy atom. The fourth-order valence-electron chi connectivity index (χ4n) is 3.29. The Morgan fingerprint density at radius 2 is 2.00 bits per heavy atom. The fourth-order valence-corrected chi connectivity index (χ4v) is 3.29. The number of carboxylic acids is 1. The zero-order valence-corrected chi connectivity index (χ0v) is 13.9. The molecule has 1 heterocycles. The van der Waals surface area contributed by atoms with Crippen LogP contribution in [0.1, 0.15) is 58.3 Å². The molecule has 0 aromatic rings. The highest BCUT2D eigenvalue weighted by Crippen LogP contribution is 2.23. The number of rotatable bonds is 10. The van der Waals surface area contributed by atoms with Crippen molar-refractivity contribution in [3.63, 3.8) is 0 Å². The van der Waals surface area contributed by atoms with E-state index in [1.54, 1.807) is 0 Å². The third-order valence-corrected chi connectivity index (χ3v) is 4.93. The van der Waals surface area contributed by atoms with E-state index in [0.29, 0.717) is 12.8 Å². The third kappa shape index (κ3) is 6.39. The fraction of sp³-hybridized carbons (Fsp3) is 0.938. The minimum atomic E-state index is -1.03. The van der Waals surface area contributed by atoms with Crippen LogP contribution < -0.4 is 5.73 Å². The van der Waals surface area contributed by atoms with Gasteiger partial charge in [-0.15, -0.1) is 0 Å². The summed E-state index contributed by atoms with van der Waals surface area (Å²) in [5.74, 6) is 0.0392. The first-order chi connectivity index (χ1) is 10.0. The van der Waals surface area contributed by atoms with Gasteiger partial charge in [0.2, 0.25) is 0 Å². The van der Waals surface area contributed by atoms with Crippen molar-refractivity contribution in [3.8, 4) is 0 Å². The summed E-state index contributed by atoms with van der Waals surface area (Å²) in [7, 11) is 2.12. The number of nitrogens with two attached hydrogens (primary N) is 1. The smallest absolute Gasteiger partial charge is 0.323 e. The predicted octanol–water partition coefficient (Wildman–Crippen LogP) is 1.89. The Labute approximate surface area is 130 Å². The summed E-state index contributed by atoms with van der Waals surface area (Å²) in [5, 5.41) is 9.43. The number of hydrogen-bond donors (Lipinski definition) is 2. The third-order valence-electron chi connectivity index (χ3n) is 4.93. The minimum absolute atomic E-state index is 0.574. The molecule has 1 aliphatic heterocycles. The van der Waals surface area contributed by atoms with Crippen LogP contribution in [0.25, 0.3) is 0 Å². The van der Waals surface area contributed by atoms with Gasteiger partial charge in [0.25, 0.3) is 0 Å². The van der Waals surface area contributed by atoms with E-state index in [2.05, 4.69) is 19.7 Å². The summed E-state index contributed by atoms with van der Waals surface area (Å²) >= 11 is 0. The standard InChI is InChI=1S/C16H33BN2O2/c1-2-5-14-6-11-19(12-7-14)13-9-16(18,15(20)21)8-3-4-10-17/h14H,2-13,17-18H2,1H3,(H,20,21). The van der Waals surface area contributed by atoms with Gasteiger partial charge in [-0.05, 0) is 44.7 Å². The van der Waals surface area contributed by atoms with E-state index < -0.39 is 11.5 Å². The molecule has 1 aliphatic rings. The molecule has 0 aromatic carbocycles. The number of unbranched alkanes of at least 4 members (excludes halogenated alkanes) is 1. The molecule has 1 fully saturated rings. The van der Waals surface area contributed by atoms with Gasteiger partial charge in [-0.25, -0.2) is 0 Å². The number of carboxylic acid groups (broad SMARTS) is 1. The second-order valence-corrected chi connectivity index (χ2v) is 6.74. The van der Waals surface area contributed by atoms with Gasteiger partial charge in [0.05, 0.1) is 0 Å². The topological polar surface area (TPSA) is 66.6 Å². The number of nitrogens with zero attached hydrogens (tertiary/aromatic N) is 1. The summed E-state index contributed by atoms with van der Waals surface area (Å²) in [6.07, 6.45) is 9.37. The largest absolute Gasteiger partial charge is 0.480 e. The van der Waals surface area contributed by atoms with E-state index in [-0.39, 0.29) is 0 Å². The Kier molecular flexibility index (Phi) is 8.34. The first-order valence-corrected chi connectivity index (χ1v) is 8.76. The average Bonchev–Trinajstić information content (AvgIpc) is 2.47. The molecule has 1 atom stereocenters. The molecule has 0 aliphatic carbocycles. The number of carbonyl (C=O) groups is 1.